The van der Waals surface area contributed by atoms with Crippen molar-refractivity contribution in [1.29, 1.82) is 0 Å². The third kappa shape index (κ3) is 2.70. The summed E-state index contributed by atoms with van der Waals surface area (Å²) in [6.45, 7) is 2.12. The van der Waals surface area contributed by atoms with Crippen LogP contribution in [0.2, 0.25) is 0 Å². The van der Waals surface area contributed by atoms with Crippen molar-refractivity contribution in [2.75, 3.05) is 6.61 Å². The van der Waals surface area contributed by atoms with Gasteiger partial charge in [0, 0.05) is 5.56 Å². The zero-order valence-electron chi connectivity index (χ0n) is 10.3. The van der Waals surface area contributed by atoms with Gasteiger partial charge in [-0.3, -0.25) is 4.79 Å². The highest BCUT2D eigenvalue weighted by atomic mass is 19.1. The summed E-state index contributed by atoms with van der Waals surface area (Å²) in [4.78, 5) is 11.6. The van der Waals surface area contributed by atoms with Gasteiger partial charge in [-0.2, -0.15) is 0 Å². The minimum absolute atomic E-state index is 0.193. The van der Waals surface area contributed by atoms with E-state index in [1.54, 1.807) is 0 Å². The molecular weight excluding hydrogens is 233 g/mol. The predicted molar refractivity (Wildman–Crippen MR) is 66.9 cm³/mol. The molecule has 1 aromatic carbocycles. The molecule has 1 amide bonds. The second-order valence-corrected chi connectivity index (χ2v) is 4.19. The van der Waals surface area contributed by atoms with Crippen molar-refractivity contribution in [1.82, 2.24) is 5.32 Å². The molecule has 0 saturated carbocycles. The van der Waals surface area contributed by atoms with E-state index in [-0.39, 0.29) is 6.04 Å². The fourth-order valence-corrected chi connectivity index (χ4v) is 2.03. The van der Waals surface area contributed by atoms with Gasteiger partial charge in [-0.1, -0.05) is 18.2 Å². The lowest BCUT2D eigenvalue weighted by molar-refractivity contribution is -0.119. The topological polar surface area (TPSA) is 38.3 Å². The van der Waals surface area contributed by atoms with Crippen LogP contribution in [0.4, 0.5) is 4.39 Å². The molecule has 0 fully saturated rings. The number of carbonyl (C=O) groups excluding carboxylic acids is 1. The summed E-state index contributed by atoms with van der Waals surface area (Å²) in [5.74, 6) is -0.655. The standard InChI is InChI=1S/C14H16FNO2/c1-2-11(15)14(17)16-12-7-5-9-18-13-8-4-3-6-10(12)13/h2-4,6,8,12H,5,7,9H2,1H3,(H,16,17)/b11-2-/t12-/m1/s1. The number of halogens is 1. The number of amides is 1. The predicted octanol–water partition coefficient (Wildman–Crippen LogP) is 2.89. The van der Waals surface area contributed by atoms with Crippen molar-refractivity contribution in [3.8, 4) is 5.75 Å². The van der Waals surface area contributed by atoms with Crippen LogP contribution in [-0.2, 0) is 4.79 Å². The Bertz CT molecular complexity index is 471. The smallest absolute Gasteiger partial charge is 0.280 e. The van der Waals surface area contributed by atoms with Crippen molar-refractivity contribution in [3.63, 3.8) is 0 Å². The van der Waals surface area contributed by atoms with Crippen LogP contribution in [0.3, 0.4) is 0 Å². The largest absolute Gasteiger partial charge is 0.493 e. The number of fused-ring (bicyclic) bond motifs is 1. The van der Waals surface area contributed by atoms with Gasteiger partial charge in [0.1, 0.15) is 5.75 Å². The van der Waals surface area contributed by atoms with Gasteiger partial charge in [0.15, 0.2) is 5.83 Å². The third-order valence-corrected chi connectivity index (χ3v) is 2.96. The maximum absolute atomic E-state index is 13.2. The van der Waals surface area contributed by atoms with Crippen molar-refractivity contribution in [2.45, 2.75) is 25.8 Å². The number of allylic oxidation sites excluding steroid dienone is 1. The molecule has 0 bridgehead atoms. The molecule has 0 unspecified atom stereocenters. The number of rotatable bonds is 2. The molecular formula is C14H16FNO2. The van der Waals surface area contributed by atoms with Gasteiger partial charge in [-0.15, -0.1) is 0 Å². The van der Waals surface area contributed by atoms with E-state index >= 15 is 0 Å². The van der Waals surface area contributed by atoms with Gasteiger partial charge in [0.2, 0.25) is 0 Å². The Labute approximate surface area is 106 Å². The van der Waals surface area contributed by atoms with E-state index in [4.69, 9.17) is 4.74 Å². The molecule has 1 aliphatic rings. The molecule has 0 aliphatic carbocycles. The van der Waals surface area contributed by atoms with E-state index in [2.05, 4.69) is 5.32 Å². The summed E-state index contributed by atoms with van der Waals surface area (Å²) in [6.07, 6.45) is 2.74. The Kier molecular flexibility index (Phi) is 3.97. The average Bonchev–Trinajstić information content (AvgIpc) is 2.60. The lowest BCUT2D eigenvalue weighted by atomic mass is 10.0. The van der Waals surface area contributed by atoms with Crippen LogP contribution in [0.15, 0.2) is 36.2 Å². The summed E-state index contributed by atoms with van der Waals surface area (Å²) < 4.78 is 18.8. The molecule has 1 heterocycles. The van der Waals surface area contributed by atoms with Gasteiger partial charge in [-0.25, -0.2) is 4.39 Å². The minimum atomic E-state index is -0.752. The number of hydrogen-bond donors (Lipinski definition) is 1. The van der Waals surface area contributed by atoms with E-state index in [1.807, 2.05) is 24.3 Å². The maximum Gasteiger partial charge on any atom is 0.280 e. The molecule has 2 rings (SSSR count). The van der Waals surface area contributed by atoms with Crippen molar-refractivity contribution < 1.29 is 13.9 Å². The van der Waals surface area contributed by atoms with Crippen molar-refractivity contribution >= 4 is 5.91 Å². The number of para-hydroxylation sites is 1. The number of nitrogens with one attached hydrogen (secondary N) is 1. The molecule has 4 heteroatoms. The first kappa shape index (κ1) is 12.6. The van der Waals surface area contributed by atoms with Gasteiger partial charge < -0.3 is 10.1 Å². The molecule has 1 aliphatic heterocycles. The maximum atomic E-state index is 13.2. The molecule has 1 atom stereocenters. The van der Waals surface area contributed by atoms with Gasteiger partial charge >= 0.3 is 0 Å². The molecule has 0 saturated heterocycles. The van der Waals surface area contributed by atoms with Crippen LogP contribution < -0.4 is 10.1 Å². The first-order valence-corrected chi connectivity index (χ1v) is 6.06. The zero-order chi connectivity index (χ0) is 13.0. The first-order chi connectivity index (χ1) is 8.72. The SMILES string of the molecule is C/C=C(\F)C(=O)N[C@@H]1CCCOc2ccccc21. The van der Waals surface area contributed by atoms with Crippen molar-refractivity contribution in [3.05, 3.63) is 41.7 Å². The summed E-state index contributed by atoms with van der Waals surface area (Å²) in [7, 11) is 0. The minimum Gasteiger partial charge on any atom is -0.493 e. The second kappa shape index (κ2) is 5.67. The van der Waals surface area contributed by atoms with Crippen LogP contribution in [0, 0.1) is 0 Å². The molecule has 1 aromatic rings. The van der Waals surface area contributed by atoms with Gasteiger partial charge in [-0.05, 0) is 31.9 Å². The number of benzene rings is 1. The summed E-state index contributed by atoms with van der Waals surface area (Å²) in [6, 6.07) is 7.35. The van der Waals surface area contributed by atoms with Crippen LogP contribution >= 0.6 is 0 Å². The molecule has 1 N–H and O–H groups in total. The Hall–Kier alpha value is -1.84. The van der Waals surface area contributed by atoms with Crippen LogP contribution in [-0.4, -0.2) is 12.5 Å². The normalized spacial score (nSPS) is 19.4. The Morgan fingerprint density at radius 2 is 2.28 bits per heavy atom. The molecule has 0 spiro atoms. The summed E-state index contributed by atoms with van der Waals surface area (Å²) >= 11 is 0. The number of carbonyl (C=O) groups is 1. The summed E-state index contributed by atoms with van der Waals surface area (Å²) in [5.41, 5.74) is 0.909. The van der Waals surface area contributed by atoms with Crippen LogP contribution in [0.5, 0.6) is 5.75 Å². The molecule has 0 radical (unpaired) electrons. The Balaban J connectivity index is 2.20. The van der Waals surface area contributed by atoms with E-state index in [9.17, 15) is 9.18 Å². The monoisotopic (exact) mass is 249 g/mol. The van der Waals surface area contributed by atoms with Gasteiger partial charge in [0.05, 0.1) is 12.6 Å². The highest BCUT2D eigenvalue weighted by Crippen LogP contribution is 2.31. The number of ether oxygens (including phenoxy) is 1. The number of hydrogen-bond acceptors (Lipinski definition) is 2. The highest BCUT2D eigenvalue weighted by molar-refractivity contribution is 5.91. The molecule has 18 heavy (non-hydrogen) atoms. The van der Waals surface area contributed by atoms with E-state index in [1.165, 1.54) is 6.92 Å². The van der Waals surface area contributed by atoms with E-state index in [0.29, 0.717) is 6.61 Å². The molecule has 3 nitrogen and oxygen atoms in total. The zero-order valence-corrected chi connectivity index (χ0v) is 10.3. The highest BCUT2D eigenvalue weighted by Gasteiger charge is 2.22. The van der Waals surface area contributed by atoms with E-state index < -0.39 is 11.7 Å². The second-order valence-electron chi connectivity index (χ2n) is 4.19. The summed E-state index contributed by atoms with van der Waals surface area (Å²) in [5, 5.41) is 2.70. The quantitative estimate of drug-likeness (QED) is 0.818. The fraction of sp³-hybridized carbons (Fsp3) is 0.357. The average molecular weight is 249 g/mol. The van der Waals surface area contributed by atoms with Crippen molar-refractivity contribution in [2.24, 2.45) is 0 Å². The van der Waals surface area contributed by atoms with E-state index in [0.717, 1.165) is 30.2 Å². The molecule has 96 valence electrons. The first-order valence-electron chi connectivity index (χ1n) is 6.06. The fourth-order valence-electron chi connectivity index (χ4n) is 2.03. The van der Waals surface area contributed by atoms with Crippen LogP contribution in [0.25, 0.3) is 0 Å². The lowest BCUT2D eigenvalue weighted by Crippen LogP contribution is -2.28. The van der Waals surface area contributed by atoms with Crippen LogP contribution in [0.1, 0.15) is 31.4 Å². The Morgan fingerprint density at radius 3 is 3.06 bits per heavy atom. The molecule has 0 aromatic heterocycles. The van der Waals surface area contributed by atoms with Gasteiger partial charge in [0.25, 0.3) is 5.91 Å². The lowest BCUT2D eigenvalue weighted by Gasteiger charge is -2.17. The third-order valence-electron chi connectivity index (χ3n) is 2.96. The Morgan fingerprint density at radius 1 is 1.50 bits per heavy atom.